The topological polar surface area (TPSA) is 33.1 Å². The Balaban J connectivity index is 2.42. The maximum atomic E-state index is 8.69. The van der Waals surface area contributed by atoms with Gasteiger partial charge in [-0.3, -0.25) is 4.98 Å². The first-order valence-electron chi connectivity index (χ1n) is 5.03. The monoisotopic (exact) mass is 199 g/mol. The Morgan fingerprint density at radius 1 is 1.20 bits per heavy atom. The van der Waals surface area contributed by atoms with Crippen molar-refractivity contribution in [2.45, 2.75) is 6.42 Å². The third-order valence-corrected chi connectivity index (χ3v) is 2.26. The van der Waals surface area contributed by atoms with E-state index in [0.29, 0.717) is 6.42 Å². The molecule has 0 amide bonds. The van der Waals surface area contributed by atoms with Crippen molar-refractivity contribution in [1.82, 2.24) is 4.98 Å². The van der Waals surface area contributed by atoms with Gasteiger partial charge in [0.25, 0.3) is 0 Å². The highest BCUT2D eigenvalue weighted by Crippen LogP contribution is 2.17. The number of hydrogen-bond donors (Lipinski definition) is 1. The number of fused-ring (bicyclic) bond motifs is 1. The number of hydrogen-bond acceptors (Lipinski definition) is 2. The van der Waals surface area contributed by atoms with Crippen molar-refractivity contribution in [1.29, 1.82) is 0 Å². The predicted octanol–water partition coefficient (Wildman–Crippen LogP) is 2.63. The maximum Gasteiger partial charge on any atom is 0.0774 e. The summed E-state index contributed by atoms with van der Waals surface area (Å²) in [5.74, 6) is 0. The van der Waals surface area contributed by atoms with Gasteiger partial charge in [-0.1, -0.05) is 36.4 Å². The van der Waals surface area contributed by atoms with Gasteiger partial charge in [0.2, 0.25) is 0 Å². The maximum absolute atomic E-state index is 8.69. The van der Waals surface area contributed by atoms with E-state index in [2.05, 4.69) is 4.98 Å². The van der Waals surface area contributed by atoms with Crippen molar-refractivity contribution >= 4 is 17.0 Å². The highest BCUT2D eigenvalue weighted by molar-refractivity contribution is 5.86. The van der Waals surface area contributed by atoms with Crippen LogP contribution >= 0.6 is 0 Å². The van der Waals surface area contributed by atoms with Crippen molar-refractivity contribution < 1.29 is 5.11 Å². The molecule has 0 bridgehead atoms. The molecule has 15 heavy (non-hydrogen) atoms. The first kappa shape index (κ1) is 9.87. The van der Waals surface area contributed by atoms with Crippen LogP contribution in [0.5, 0.6) is 0 Å². The Bertz CT molecular complexity index is 471. The molecule has 0 radical (unpaired) electrons. The third-order valence-electron chi connectivity index (χ3n) is 2.26. The summed E-state index contributed by atoms with van der Waals surface area (Å²) in [6, 6.07) is 10.1. The fourth-order valence-electron chi connectivity index (χ4n) is 1.55. The first-order chi connectivity index (χ1) is 7.42. The smallest absolute Gasteiger partial charge is 0.0774 e. The number of aliphatic hydroxyl groups is 1. The normalized spacial score (nSPS) is 11.3. The molecule has 2 rings (SSSR count). The summed E-state index contributed by atoms with van der Waals surface area (Å²) in [6.07, 6.45) is 6.45. The summed E-state index contributed by atoms with van der Waals surface area (Å²) in [4.78, 5) is 4.35. The molecule has 0 saturated heterocycles. The molecule has 2 heteroatoms. The molecule has 1 aromatic heterocycles. The summed E-state index contributed by atoms with van der Waals surface area (Å²) in [5, 5.41) is 9.83. The molecular weight excluding hydrogens is 186 g/mol. The summed E-state index contributed by atoms with van der Waals surface area (Å²) in [6.45, 7) is 0.189. The lowest BCUT2D eigenvalue weighted by Crippen LogP contribution is -1.82. The summed E-state index contributed by atoms with van der Waals surface area (Å²) in [7, 11) is 0. The molecule has 0 fully saturated rings. The highest BCUT2D eigenvalue weighted by atomic mass is 16.2. The van der Waals surface area contributed by atoms with Crippen molar-refractivity contribution in [2.24, 2.45) is 0 Å². The number of para-hydroxylation sites is 1. The minimum absolute atomic E-state index is 0.189. The van der Waals surface area contributed by atoms with Crippen LogP contribution in [0.3, 0.4) is 0 Å². The van der Waals surface area contributed by atoms with E-state index in [1.807, 2.05) is 42.5 Å². The molecule has 0 atom stereocenters. The molecule has 0 saturated carbocycles. The van der Waals surface area contributed by atoms with Crippen LogP contribution in [0.25, 0.3) is 17.0 Å². The average molecular weight is 199 g/mol. The summed E-state index contributed by atoms with van der Waals surface area (Å²) < 4.78 is 0. The number of nitrogens with zero attached hydrogens (tertiary/aromatic N) is 1. The van der Waals surface area contributed by atoms with Crippen LogP contribution in [0.4, 0.5) is 0 Å². The Morgan fingerprint density at radius 2 is 2.07 bits per heavy atom. The molecule has 2 aromatic rings. The molecule has 76 valence electrons. The van der Waals surface area contributed by atoms with Crippen molar-refractivity contribution in [3.8, 4) is 0 Å². The molecule has 0 aliphatic rings. The second kappa shape index (κ2) is 4.71. The largest absolute Gasteiger partial charge is 0.396 e. The zero-order valence-corrected chi connectivity index (χ0v) is 8.43. The number of benzene rings is 1. The SMILES string of the molecule is OCCC=Cc1cccc2cccnc12. The van der Waals surface area contributed by atoms with E-state index in [0.717, 1.165) is 16.5 Å². The Labute approximate surface area is 88.9 Å². The van der Waals surface area contributed by atoms with Gasteiger partial charge < -0.3 is 5.11 Å². The van der Waals surface area contributed by atoms with Crippen molar-refractivity contribution in [2.75, 3.05) is 6.61 Å². The fourth-order valence-corrected chi connectivity index (χ4v) is 1.55. The summed E-state index contributed by atoms with van der Waals surface area (Å²) in [5.41, 5.74) is 2.11. The van der Waals surface area contributed by atoms with Gasteiger partial charge >= 0.3 is 0 Å². The second-order valence-corrected chi connectivity index (χ2v) is 3.34. The summed E-state index contributed by atoms with van der Waals surface area (Å²) >= 11 is 0. The predicted molar refractivity (Wildman–Crippen MR) is 62.5 cm³/mol. The van der Waals surface area contributed by atoms with Gasteiger partial charge in [-0.25, -0.2) is 0 Å². The van der Waals surface area contributed by atoms with E-state index in [9.17, 15) is 0 Å². The van der Waals surface area contributed by atoms with Crippen molar-refractivity contribution in [3.05, 3.63) is 48.2 Å². The third kappa shape index (κ3) is 2.22. The lowest BCUT2D eigenvalue weighted by molar-refractivity contribution is 0.303. The number of pyridine rings is 1. The van der Waals surface area contributed by atoms with E-state index < -0.39 is 0 Å². The van der Waals surface area contributed by atoms with Crippen LogP contribution in [0.2, 0.25) is 0 Å². The first-order valence-corrected chi connectivity index (χ1v) is 5.03. The Morgan fingerprint density at radius 3 is 2.93 bits per heavy atom. The van der Waals surface area contributed by atoms with E-state index in [1.54, 1.807) is 6.20 Å². The van der Waals surface area contributed by atoms with Crippen LogP contribution in [-0.2, 0) is 0 Å². The minimum atomic E-state index is 0.189. The van der Waals surface area contributed by atoms with Gasteiger partial charge in [-0.05, 0) is 12.5 Å². The standard InChI is InChI=1S/C13H13NO/c15-10-2-1-5-11-6-3-7-12-8-4-9-14-13(11)12/h1,3-9,15H,2,10H2. The zero-order chi connectivity index (χ0) is 10.5. The van der Waals surface area contributed by atoms with E-state index >= 15 is 0 Å². The number of aliphatic hydroxyl groups excluding tert-OH is 1. The molecule has 0 unspecified atom stereocenters. The van der Waals surface area contributed by atoms with Crippen LogP contribution in [-0.4, -0.2) is 16.7 Å². The quantitative estimate of drug-likeness (QED) is 0.824. The second-order valence-electron chi connectivity index (χ2n) is 3.34. The lowest BCUT2D eigenvalue weighted by Gasteiger charge is -2.00. The van der Waals surface area contributed by atoms with Gasteiger partial charge in [0, 0.05) is 23.8 Å². The molecule has 2 nitrogen and oxygen atoms in total. The molecule has 0 aliphatic carbocycles. The molecule has 0 spiro atoms. The van der Waals surface area contributed by atoms with E-state index in [4.69, 9.17) is 5.11 Å². The van der Waals surface area contributed by atoms with Gasteiger partial charge in [-0.15, -0.1) is 0 Å². The van der Waals surface area contributed by atoms with Gasteiger partial charge in [0.05, 0.1) is 5.52 Å². The number of rotatable bonds is 3. The van der Waals surface area contributed by atoms with Crippen LogP contribution in [0, 0.1) is 0 Å². The van der Waals surface area contributed by atoms with Crippen LogP contribution < -0.4 is 0 Å². The number of aromatic nitrogens is 1. The molecule has 0 aliphatic heterocycles. The van der Waals surface area contributed by atoms with E-state index in [-0.39, 0.29) is 6.61 Å². The van der Waals surface area contributed by atoms with Gasteiger partial charge in [0.1, 0.15) is 0 Å². The Hall–Kier alpha value is -1.67. The Kier molecular flexibility index (Phi) is 3.10. The lowest BCUT2D eigenvalue weighted by atomic mass is 10.1. The fraction of sp³-hybridized carbons (Fsp3) is 0.154. The van der Waals surface area contributed by atoms with Crippen LogP contribution in [0.1, 0.15) is 12.0 Å². The molecule has 1 aromatic carbocycles. The molecule has 1 heterocycles. The zero-order valence-electron chi connectivity index (χ0n) is 8.43. The van der Waals surface area contributed by atoms with Crippen LogP contribution in [0.15, 0.2) is 42.6 Å². The van der Waals surface area contributed by atoms with Crippen molar-refractivity contribution in [3.63, 3.8) is 0 Å². The molecular formula is C13H13NO. The van der Waals surface area contributed by atoms with E-state index in [1.165, 1.54) is 0 Å². The average Bonchev–Trinajstić information content (AvgIpc) is 2.30. The molecule has 1 N–H and O–H groups in total. The van der Waals surface area contributed by atoms with Gasteiger partial charge in [-0.2, -0.15) is 0 Å². The van der Waals surface area contributed by atoms with Gasteiger partial charge in [0.15, 0.2) is 0 Å². The minimum Gasteiger partial charge on any atom is -0.396 e. The highest BCUT2D eigenvalue weighted by Gasteiger charge is 1.96.